The summed E-state index contributed by atoms with van der Waals surface area (Å²) in [5, 5.41) is 5.02. The fourth-order valence-electron chi connectivity index (χ4n) is 3.35. The first-order chi connectivity index (χ1) is 15.0. The smallest absolute Gasteiger partial charge is 0.282 e. The highest BCUT2D eigenvalue weighted by molar-refractivity contribution is 7.11. The number of benzene rings is 2. The van der Waals surface area contributed by atoms with Crippen LogP contribution in [0.3, 0.4) is 0 Å². The van der Waals surface area contributed by atoms with Crippen LogP contribution in [0.1, 0.15) is 18.7 Å². The predicted molar refractivity (Wildman–Crippen MR) is 123 cm³/mol. The maximum Gasteiger partial charge on any atom is 0.282 e. The molecule has 0 atom stereocenters. The lowest BCUT2D eigenvalue weighted by molar-refractivity contribution is -0.120. The third-order valence-corrected chi connectivity index (χ3v) is 5.55. The predicted octanol–water partition coefficient (Wildman–Crippen LogP) is 4.94. The Morgan fingerprint density at radius 3 is 2.48 bits per heavy atom. The topological polar surface area (TPSA) is 67.9 Å². The molecule has 1 aromatic heterocycles. The molecular weight excluding hydrogens is 412 g/mol. The van der Waals surface area contributed by atoms with Crippen LogP contribution in [0, 0.1) is 0 Å². The Hall–Kier alpha value is -3.58. The summed E-state index contributed by atoms with van der Waals surface area (Å²) in [5.41, 5.74) is 1.63. The molecule has 6 nitrogen and oxygen atoms in total. The first-order valence-electron chi connectivity index (χ1n) is 9.83. The fourth-order valence-corrected chi connectivity index (χ4v) is 4.12. The Balaban J connectivity index is 1.79. The van der Waals surface area contributed by atoms with Gasteiger partial charge in [-0.2, -0.15) is 0 Å². The van der Waals surface area contributed by atoms with Crippen LogP contribution in [0.4, 0.5) is 11.4 Å². The van der Waals surface area contributed by atoms with Gasteiger partial charge in [-0.3, -0.25) is 9.59 Å². The number of ether oxygens (including phenoxy) is 2. The van der Waals surface area contributed by atoms with Crippen molar-refractivity contribution in [2.75, 3.05) is 17.3 Å². The summed E-state index contributed by atoms with van der Waals surface area (Å²) in [6.45, 7) is 3.80. The number of para-hydroxylation sites is 2. The zero-order valence-electron chi connectivity index (χ0n) is 17.4. The highest BCUT2D eigenvalue weighted by Crippen LogP contribution is 2.39. The fraction of sp³-hybridized carbons (Fsp3) is 0.167. The van der Waals surface area contributed by atoms with Gasteiger partial charge in [-0.1, -0.05) is 24.3 Å². The minimum absolute atomic E-state index is 0.104. The molecule has 7 heteroatoms. The standard InChI is InChI=1S/C24H22N2O4S/c1-15(2)30-19-11-5-4-10-18(19)26-23(27)21(20-12-7-13-31-20)22(24(26)28)25-16-8-6-9-17(14-16)29-3/h4-15,25H,1-3H3. The molecule has 1 N–H and O–H groups in total. The SMILES string of the molecule is COc1cccc(NC2=C(c3cccs3)C(=O)N(c3ccccc3OC(C)C)C2=O)c1. The highest BCUT2D eigenvalue weighted by atomic mass is 32.1. The second-order valence-electron chi connectivity index (χ2n) is 7.16. The third kappa shape index (κ3) is 4.04. The zero-order valence-corrected chi connectivity index (χ0v) is 18.2. The molecule has 0 radical (unpaired) electrons. The first kappa shape index (κ1) is 20.7. The van der Waals surface area contributed by atoms with Crippen molar-refractivity contribution in [2.45, 2.75) is 20.0 Å². The monoisotopic (exact) mass is 434 g/mol. The van der Waals surface area contributed by atoms with Crippen LogP contribution in [0.5, 0.6) is 11.5 Å². The van der Waals surface area contributed by atoms with E-state index in [-0.39, 0.29) is 11.8 Å². The Bertz CT molecular complexity index is 1150. The van der Waals surface area contributed by atoms with Gasteiger partial charge in [0.2, 0.25) is 0 Å². The molecule has 4 rings (SSSR count). The molecule has 3 aromatic rings. The largest absolute Gasteiger partial charge is 0.497 e. The normalized spacial score (nSPS) is 13.9. The van der Waals surface area contributed by atoms with E-state index >= 15 is 0 Å². The molecule has 0 unspecified atom stereocenters. The van der Waals surface area contributed by atoms with Gasteiger partial charge in [-0.25, -0.2) is 4.90 Å². The number of rotatable bonds is 7. The number of hydrogen-bond acceptors (Lipinski definition) is 6. The molecule has 0 fully saturated rings. The molecule has 2 amide bonds. The van der Waals surface area contributed by atoms with Crippen LogP contribution in [-0.4, -0.2) is 25.0 Å². The van der Waals surface area contributed by atoms with Crippen molar-refractivity contribution in [3.8, 4) is 11.5 Å². The summed E-state index contributed by atoms with van der Waals surface area (Å²) in [6, 6.07) is 18.0. The Morgan fingerprint density at radius 2 is 1.77 bits per heavy atom. The maximum absolute atomic E-state index is 13.5. The van der Waals surface area contributed by atoms with Crippen molar-refractivity contribution in [3.63, 3.8) is 0 Å². The minimum atomic E-state index is -0.434. The summed E-state index contributed by atoms with van der Waals surface area (Å²) in [7, 11) is 1.58. The summed E-state index contributed by atoms with van der Waals surface area (Å²) in [4.78, 5) is 28.9. The van der Waals surface area contributed by atoms with Crippen LogP contribution in [0.25, 0.3) is 5.57 Å². The van der Waals surface area contributed by atoms with Crippen LogP contribution < -0.4 is 19.7 Å². The molecule has 31 heavy (non-hydrogen) atoms. The van der Waals surface area contributed by atoms with Crippen LogP contribution in [-0.2, 0) is 9.59 Å². The molecule has 0 saturated heterocycles. The average molecular weight is 435 g/mol. The Kier molecular flexibility index (Phi) is 5.77. The van der Waals surface area contributed by atoms with E-state index in [1.54, 1.807) is 31.4 Å². The van der Waals surface area contributed by atoms with Gasteiger partial charge in [0, 0.05) is 16.6 Å². The summed E-state index contributed by atoms with van der Waals surface area (Å²) in [5.74, 6) is 0.300. The lowest BCUT2D eigenvalue weighted by Gasteiger charge is -2.20. The van der Waals surface area contributed by atoms with Gasteiger partial charge in [0.15, 0.2) is 0 Å². The van der Waals surface area contributed by atoms with Crippen molar-refractivity contribution >= 4 is 40.1 Å². The molecule has 1 aliphatic rings. The maximum atomic E-state index is 13.5. The molecule has 0 saturated carbocycles. The van der Waals surface area contributed by atoms with E-state index in [0.717, 1.165) is 0 Å². The molecular formula is C24H22N2O4S. The number of hydrogen-bond donors (Lipinski definition) is 1. The number of nitrogens with zero attached hydrogens (tertiary/aromatic N) is 1. The van der Waals surface area contributed by atoms with Crippen molar-refractivity contribution in [1.82, 2.24) is 0 Å². The summed E-state index contributed by atoms with van der Waals surface area (Å²) >= 11 is 1.41. The number of carbonyl (C=O) groups is 2. The second kappa shape index (κ2) is 8.65. The van der Waals surface area contributed by atoms with Gasteiger partial charge in [-0.05, 0) is 49.6 Å². The van der Waals surface area contributed by atoms with Crippen molar-refractivity contribution < 1.29 is 19.1 Å². The second-order valence-corrected chi connectivity index (χ2v) is 8.11. The molecule has 2 heterocycles. The van der Waals surface area contributed by atoms with Crippen molar-refractivity contribution in [1.29, 1.82) is 0 Å². The average Bonchev–Trinajstić information content (AvgIpc) is 3.35. The van der Waals surface area contributed by atoms with Gasteiger partial charge in [0.1, 0.15) is 17.2 Å². The molecule has 0 aliphatic carbocycles. The number of imide groups is 1. The third-order valence-electron chi connectivity index (χ3n) is 4.66. The number of amides is 2. The van der Waals surface area contributed by atoms with Gasteiger partial charge in [0.25, 0.3) is 11.8 Å². The number of nitrogens with one attached hydrogen (secondary N) is 1. The molecule has 158 valence electrons. The Morgan fingerprint density at radius 1 is 0.968 bits per heavy atom. The van der Waals surface area contributed by atoms with Crippen LogP contribution in [0.15, 0.2) is 71.7 Å². The summed E-state index contributed by atoms with van der Waals surface area (Å²) < 4.78 is 11.1. The summed E-state index contributed by atoms with van der Waals surface area (Å²) in [6.07, 6.45) is -0.104. The van der Waals surface area contributed by atoms with Crippen molar-refractivity contribution in [3.05, 3.63) is 76.6 Å². The number of thiophene rings is 1. The lowest BCUT2D eigenvalue weighted by Crippen LogP contribution is -2.33. The number of methoxy groups -OCH3 is 1. The number of carbonyl (C=O) groups excluding carboxylic acids is 2. The van der Waals surface area contributed by atoms with E-state index in [0.29, 0.717) is 33.3 Å². The molecule has 0 bridgehead atoms. The van der Waals surface area contributed by atoms with Gasteiger partial charge >= 0.3 is 0 Å². The highest BCUT2D eigenvalue weighted by Gasteiger charge is 2.41. The van der Waals surface area contributed by atoms with E-state index in [4.69, 9.17) is 9.47 Å². The van der Waals surface area contributed by atoms with Gasteiger partial charge in [0.05, 0.1) is 24.5 Å². The minimum Gasteiger partial charge on any atom is -0.497 e. The van der Waals surface area contributed by atoms with Crippen LogP contribution >= 0.6 is 11.3 Å². The molecule has 1 aliphatic heterocycles. The Labute approximate surface area is 184 Å². The van der Waals surface area contributed by atoms with E-state index in [1.807, 2.05) is 55.6 Å². The van der Waals surface area contributed by atoms with Crippen molar-refractivity contribution in [2.24, 2.45) is 0 Å². The first-order valence-corrected chi connectivity index (χ1v) is 10.7. The zero-order chi connectivity index (χ0) is 22.0. The van der Waals surface area contributed by atoms with Crippen LogP contribution in [0.2, 0.25) is 0 Å². The van der Waals surface area contributed by atoms with Gasteiger partial charge < -0.3 is 14.8 Å². The lowest BCUT2D eigenvalue weighted by atomic mass is 10.2. The van der Waals surface area contributed by atoms with E-state index in [1.165, 1.54) is 16.2 Å². The molecule has 0 spiro atoms. The van der Waals surface area contributed by atoms with E-state index < -0.39 is 11.8 Å². The van der Waals surface area contributed by atoms with Gasteiger partial charge in [-0.15, -0.1) is 11.3 Å². The van der Waals surface area contributed by atoms with E-state index in [2.05, 4.69) is 5.32 Å². The quantitative estimate of drug-likeness (QED) is 0.534. The van der Waals surface area contributed by atoms with E-state index in [9.17, 15) is 9.59 Å². The molecule has 2 aromatic carbocycles. The number of anilines is 2.